The average molecular weight is 347 g/mol. The van der Waals surface area contributed by atoms with Gasteiger partial charge in [0.1, 0.15) is 5.75 Å². The number of carbonyl (C=O) groups is 1. The van der Waals surface area contributed by atoms with Crippen molar-refractivity contribution in [2.75, 3.05) is 20.2 Å². The van der Waals surface area contributed by atoms with Crippen molar-refractivity contribution in [1.82, 2.24) is 4.90 Å². The molecule has 1 heterocycles. The molecule has 1 saturated heterocycles. The zero-order valence-electron chi connectivity index (χ0n) is 13.9. The summed E-state index contributed by atoms with van der Waals surface area (Å²) < 4.78 is 5.20. The number of likely N-dealkylation sites (tertiary alicyclic amines) is 1. The van der Waals surface area contributed by atoms with E-state index in [9.17, 15) is 4.79 Å². The number of nitrogens with zero attached hydrogens (tertiary/aromatic N) is 1. The van der Waals surface area contributed by atoms with Gasteiger partial charge in [0.05, 0.1) is 7.11 Å². The molecule has 1 fully saturated rings. The van der Waals surface area contributed by atoms with E-state index >= 15 is 0 Å². The predicted octanol–water partition coefficient (Wildman–Crippen LogP) is 2.99. The second-order valence-corrected chi connectivity index (χ2v) is 6.07. The largest absolute Gasteiger partial charge is 0.497 e. The van der Waals surface area contributed by atoms with Crippen LogP contribution in [0.1, 0.15) is 27.4 Å². The second-order valence-electron chi connectivity index (χ2n) is 6.07. The van der Waals surface area contributed by atoms with Crippen molar-refractivity contribution in [1.29, 1.82) is 0 Å². The maximum Gasteiger partial charge on any atom is 0.254 e. The highest BCUT2D eigenvalue weighted by molar-refractivity contribution is 5.96. The van der Waals surface area contributed by atoms with Crippen LogP contribution >= 0.6 is 12.4 Å². The Kier molecular flexibility index (Phi) is 5.86. The van der Waals surface area contributed by atoms with Gasteiger partial charge in [-0.15, -0.1) is 12.4 Å². The Balaban J connectivity index is 0.00000208. The third-order valence-corrected chi connectivity index (χ3v) is 4.54. The van der Waals surface area contributed by atoms with Crippen molar-refractivity contribution in [2.45, 2.75) is 18.9 Å². The molecule has 0 spiro atoms. The van der Waals surface area contributed by atoms with E-state index in [0.717, 1.165) is 11.3 Å². The van der Waals surface area contributed by atoms with Gasteiger partial charge >= 0.3 is 0 Å². The van der Waals surface area contributed by atoms with Gasteiger partial charge in [-0.05, 0) is 36.2 Å². The number of benzene rings is 2. The lowest BCUT2D eigenvalue weighted by Crippen LogP contribution is -2.32. The molecule has 128 valence electrons. The van der Waals surface area contributed by atoms with Crippen LogP contribution < -0.4 is 10.5 Å². The topological polar surface area (TPSA) is 55.6 Å². The van der Waals surface area contributed by atoms with Gasteiger partial charge in [0, 0.05) is 30.6 Å². The number of carbonyl (C=O) groups excluding carboxylic acids is 1. The molecular formula is C19H23ClN2O2. The fourth-order valence-corrected chi connectivity index (χ4v) is 3.22. The van der Waals surface area contributed by atoms with E-state index in [1.807, 2.05) is 48.2 Å². The lowest BCUT2D eigenvalue weighted by molar-refractivity contribution is 0.0788. The summed E-state index contributed by atoms with van der Waals surface area (Å²) in [7, 11) is 1.63. The van der Waals surface area contributed by atoms with E-state index in [0.29, 0.717) is 18.7 Å². The molecule has 1 aliphatic rings. The van der Waals surface area contributed by atoms with Crippen LogP contribution in [0, 0.1) is 6.92 Å². The van der Waals surface area contributed by atoms with Crippen LogP contribution in [-0.2, 0) is 0 Å². The van der Waals surface area contributed by atoms with Gasteiger partial charge in [-0.1, -0.05) is 30.3 Å². The third-order valence-electron chi connectivity index (χ3n) is 4.54. The van der Waals surface area contributed by atoms with Crippen LogP contribution in [0.25, 0.3) is 0 Å². The number of ether oxygens (including phenoxy) is 1. The summed E-state index contributed by atoms with van der Waals surface area (Å²) in [5.74, 6) is 0.997. The maximum atomic E-state index is 12.8. The molecule has 0 unspecified atom stereocenters. The minimum absolute atomic E-state index is 0. The van der Waals surface area contributed by atoms with Gasteiger partial charge in [0.2, 0.25) is 0 Å². The Morgan fingerprint density at radius 3 is 2.50 bits per heavy atom. The van der Waals surface area contributed by atoms with E-state index < -0.39 is 0 Å². The van der Waals surface area contributed by atoms with Gasteiger partial charge in [-0.3, -0.25) is 4.79 Å². The van der Waals surface area contributed by atoms with Crippen LogP contribution in [0.2, 0.25) is 0 Å². The Hall–Kier alpha value is -2.04. The molecule has 2 aromatic rings. The number of halogens is 1. The molecule has 3 rings (SSSR count). The molecule has 0 aliphatic carbocycles. The lowest BCUT2D eigenvalue weighted by atomic mass is 9.95. The number of rotatable bonds is 3. The van der Waals surface area contributed by atoms with Crippen molar-refractivity contribution in [2.24, 2.45) is 5.73 Å². The Morgan fingerprint density at radius 2 is 1.88 bits per heavy atom. The molecule has 0 aromatic heterocycles. The minimum Gasteiger partial charge on any atom is -0.497 e. The second kappa shape index (κ2) is 7.69. The van der Waals surface area contributed by atoms with Gasteiger partial charge in [-0.2, -0.15) is 0 Å². The van der Waals surface area contributed by atoms with Crippen molar-refractivity contribution in [3.63, 3.8) is 0 Å². The number of hydrogen-bond donors (Lipinski definition) is 1. The van der Waals surface area contributed by atoms with Crippen LogP contribution in [0.4, 0.5) is 0 Å². The van der Waals surface area contributed by atoms with Crippen LogP contribution in [0.3, 0.4) is 0 Å². The number of amides is 1. The number of aryl methyl sites for hydroxylation is 1. The first-order valence-electron chi connectivity index (χ1n) is 7.84. The van der Waals surface area contributed by atoms with E-state index in [1.165, 1.54) is 5.56 Å². The average Bonchev–Trinajstić information content (AvgIpc) is 2.96. The molecule has 2 aromatic carbocycles. The van der Waals surface area contributed by atoms with Crippen molar-refractivity contribution in [3.05, 3.63) is 65.2 Å². The van der Waals surface area contributed by atoms with Crippen LogP contribution in [-0.4, -0.2) is 37.0 Å². The van der Waals surface area contributed by atoms with Gasteiger partial charge in [-0.25, -0.2) is 0 Å². The molecule has 1 aliphatic heterocycles. The first-order valence-corrected chi connectivity index (χ1v) is 7.84. The van der Waals surface area contributed by atoms with Crippen molar-refractivity contribution < 1.29 is 9.53 Å². The van der Waals surface area contributed by atoms with Crippen molar-refractivity contribution >= 4 is 18.3 Å². The molecule has 2 atom stereocenters. The highest BCUT2D eigenvalue weighted by Gasteiger charge is 2.34. The monoisotopic (exact) mass is 346 g/mol. The summed E-state index contributed by atoms with van der Waals surface area (Å²) in [6, 6.07) is 15.7. The quantitative estimate of drug-likeness (QED) is 0.929. The molecule has 5 heteroatoms. The summed E-state index contributed by atoms with van der Waals surface area (Å²) in [6.45, 7) is 3.18. The van der Waals surface area contributed by atoms with Crippen LogP contribution in [0.15, 0.2) is 48.5 Å². The molecule has 1 amide bonds. The molecule has 24 heavy (non-hydrogen) atoms. The highest BCUT2D eigenvalue weighted by atomic mass is 35.5. The zero-order chi connectivity index (χ0) is 16.4. The predicted molar refractivity (Wildman–Crippen MR) is 98.0 cm³/mol. The van der Waals surface area contributed by atoms with E-state index in [2.05, 4.69) is 12.1 Å². The smallest absolute Gasteiger partial charge is 0.254 e. The van der Waals surface area contributed by atoms with Crippen molar-refractivity contribution in [3.8, 4) is 5.75 Å². The molecule has 0 saturated carbocycles. The fraction of sp³-hybridized carbons (Fsp3) is 0.316. The minimum atomic E-state index is -0.0279. The maximum absolute atomic E-state index is 12.8. The lowest BCUT2D eigenvalue weighted by Gasteiger charge is -2.18. The molecule has 2 N–H and O–H groups in total. The molecule has 0 bridgehead atoms. The Labute approximate surface area is 149 Å². The first-order chi connectivity index (χ1) is 11.1. The summed E-state index contributed by atoms with van der Waals surface area (Å²) in [6.07, 6.45) is 0. The summed E-state index contributed by atoms with van der Waals surface area (Å²) >= 11 is 0. The molecule has 4 nitrogen and oxygen atoms in total. The van der Waals surface area contributed by atoms with Gasteiger partial charge in [0.15, 0.2) is 0 Å². The normalized spacial score (nSPS) is 19.7. The zero-order valence-corrected chi connectivity index (χ0v) is 14.8. The molecular weight excluding hydrogens is 324 g/mol. The fourth-order valence-electron chi connectivity index (χ4n) is 3.22. The van der Waals surface area contributed by atoms with E-state index in [1.54, 1.807) is 7.11 Å². The standard InChI is InChI=1S/C19H22N2O2.ClH/c1-13-10-15(23-2)8-9-16(13)19(22)21-11-17(18(20)12-21)14-6-4-3-5-7-14;/h3-10,17-18H,11-12,20H2,1-2H3;1H/t17-,18+;/m0./s1. The third kappa shape index (κ3) is 3.55. The van der Waals surface area contributed by atoms with Crippen LogP contribution in [0.5, 0.6) is 5.75 Å². The Bertz CT molecular complexity index is 706. The Morgan fingerprint density at radius 1 is 1.17 bits per heavy atom. The van der Waals surface area contributed by atoms with E-state index in [4.69, 9.17) is 10.5 Å². The summed E-state index contributed by atoms with van der Waals surface area (Å²) in [4.78, 5) is 14.7. The molecule has 0 radical (unpaired) electrons. The first kappa shape index (κ1) is 18.3. The summed E-state index contributed by atoms with van der Waals surface area (Å²) in [5, 5.41) is 0. The number of methoxy groups -OCH3 is 1. The summed E-state index contributed by atoms with van der Waals surface area (Å²) in [5.41, 5.74) is 9.12. The number of nitrogens with two attached hydrogens (primary N) is 1. The van der Waals surface area contributed by atoms with Gasteiger partial charge < -0.3 is 15.4 Å². The number of hydrogen-bond acceptors (Lipinski definition) is 3. The van der Waals surface area contributed by atoms with Gasteiger partial charge in [0.25, 0.3) is 5.91 Å². The highest BCUT2D eigenvalue weighted by Crippen LogP contribution is 2.28. The van der Waals surface area contributed by atoms with E-state index in [-0.39, 0.29) is 30.3 Å². The SMILES string of the molecule is COc1ccc(C(=O)N2C[C@@H](N)[C@H](c3ccccc3)C2)c(C)c1.Cl.